The zero-order valence-electron chi connectivity index (χ0n) is 9.91. The highest BCUT2D eigenvalue weighted by molar-refractivity contribution is 9.10. The fourth-order valence-corrected chi connectivity index (χ4v) is 3.14. The van der Waals surface area contributed by atoms with Crippen LogP contribution in [-0.2, 0) is 6.42 Å². The average Bonchev–Trinajstić information content (AvgIpc) is 2.90. The van der Waals surface area contributed by atoms with Crippen LogP contribution >= 0.6 is 15.9 Å². The molecule has 3 heterocycles. The predicted molar refractivity (Wildman–Crippen MR) is 72.4 cm³/mol. The summed E-state index contributed by atoms with van der Waals surface area (Å²) < 4.78 is 3.21. The van der Waals surface area contributed by atoms with E-state index in [1.165, 1.54) is 18.5 Å². The van der Waals surface area contributed by atoms with Crippen molar-refractivity contribution in [3.05, 3.63) is 34.3 Å². The van der Waals surface area contributed by atoms with Gasteiger partial charge < -0.3 is 5.32 Å². The summed E-state index contributed by atoms with van der Waals surface area (Å²) in [4.78, 5) is 4.65. The van der Waals surface area contributed by atoms with Gasteiger partial charge in [-0.3, -0.25) is 4.40 Å². The number of hydrogen-bond acceptors (Lipinski definition) is 2. The van der Waals surface area contributed by atoms with Crippen LogP contribution in [-0.4, -0.2) is 22.0 Å². The minimum absolute atomic E-state index is 0.590. The summed E-state index contributed by atoms with van der Waals surface area (Å²) in [6.07, 6.45) is 3.56. The van der Waals surface area contributed by atoms with Gasteiger partial charge in [-0.05, 0) is 54.4 Å². The topological polar surface area (TPSA) is 29.3 Å². The Balaban J connectivity index is 2.03. The van der Waals surface area contributed by atoms with Crippen LogP contribution in [0.25, 0.3) is 5.52 Å². The molecule has 4 heteroatoms. The lowest BCUT2D eigenvalue weighted by molar-refractivity contribution is 0.583. The van der Waals surface area contributed by atoms with Crippen LogP contribution in [0, 0.1) is 6.92 Å². The second kappa shape index (κ2) is 4.42. The van der Waals surface area contributed by atoms with Crippen molar-refractivity contribution in [2.45, 2.75) is 32.2 Å². The van der Waals surface area contributed by atoms with E-state index in [2.05, 4.69) is 55.8 Å². The summed E-state index contributed by atoms with van der Waals surface area (Å²) in [6.45, 7) is 3.28. The Bertz CT molecular complexity index is 541. The highest BCUT2D eigenvalue weighted by Crippen LogP contribution is 2.22. The minimum Gasteiger partial charge on any atom is -0.314 e. The maximum absolute atomic E-state index is 4.65. The number of nitrogens with one attached hydrogen (secondary N) is 1. The quantitative estimate of drug-likeness (QED) is 0.922. The molecule has 0 radical (unpaired) electrons. The van der Waals surface area contributed by atoms with Crippen LogP contribution in [0.5, 0.6) is 0 Å². The van der Waals surface area contributed by atoms with E-state index in [1.807, 2.05) is 0 Å². The molecule has 17 heavy (non-hydrogen) atoms. The first-order chi connectivity index (χ1) is 8.25. The first-order valence-corrected chi connectivity index (χ1v) is 6.91. The summed E-state index contributed by atoms with van der Waals surface area (Å²) in [5, 5.41) is 3.53. The number of nitrogens with zero attached hydrogens (tertiary/aromatic N) is 2. The minimum atomic E-state index is 0.590. The van der Waals surface area contributed by atoms with E-state index in [9.17, 15) is 0 Å². The second-order valence-electron chi connectivity index (χ2n) is 4.70. The number of halogens is 1. The Morgan fingerprint density at radius 3 is 3.18 bits per heavy atom. The van der Waals surface area contributed by atoms with Gasteiger partial charge in [0.2, 0.25) is 0 Å². The van der Waals surface area contributed by atoms with Gasteiger partial charge in [0.1, 0.15) is 10.4 Å². The molecule has 90 valence electrons. The zero-order valence-corrected chi connectivity index (χ0v) is 11.5. The summed E-state index contributed by atoms with van der Waals surface area (Å²) in [5.74, 6) is 1.16. The maximum Gasteiger partial charge on any atom is 0.132 e. The molecule has 0 aromatic carbocycles. The Morgan fingerprint density at radius 1 is 1.53 bits per heavy atom. The fraction of sp³-hybridized carbons (Fsp3) is 0.462. The SMILES string of the molecule is Cc1cccc2c(Br)nc(CC3CCCN3)n12. The lowest BCUT2D eigenvalue weighted by Gasteiger charge is -2.10. The lowest BCUT2D eigenvalue weighted by atomic mass is 10.1. The summed E-state index contributed by atoms with van der Waals surface area (Å²) in [6, 6.07) is 6.91. The molecule has 2 aromatic rings. The molecule has 3 rings (SSSR count). The Morgan fingerprint density at radius 2 is 2.41 bits per heavy atom. The van der Waals surface area contributed by atoms with Crippen molar-refractivity contribution in [3.63, 3.8) is 0 Å². The molecule has 1 atom stereocenters. The first-order valence-electron chi connectivity index (χ1n) is 6.11. The number of aryl methyl sites for hydroxylation is 1. The molecular weight excluding hydrogens is 278 g/mol. The second-order valence-corrected chi connectivity index (χ2v) is 5.46. The van der Waals surface area contributed by atoms with Crippen molar-refractivity contribution in [1.82, 2.24) is 14.7 Å². The molecule has 1 N–H and O–H groups in total. The highest BCUT2D eigenvalue weighted by atomic mass is 79.9. The number of rotatable bonds is 2. The van der Waals surface area contributed by atoms with Crippen LogP contribution in [0.2, 0.25) is 0 Å². The summed E-state index contributed by atoms with van der Waals surface area (Å²) >= 11 is 3.55. The Hall–Kier alpha value is -0.870. The van der Waals surface area contributed by atoms with E-state index < -0.39 is 0 Å². The van der Waals surface area contributed by atoms with E-state index in [0.717, 1.165) is 28.9 Å². The van der Waals surface area contributed by atoms with Gasteiger partial charge in [0.15, 0.2) is 0 Å². The maximum atomic E-state index is 4.65. The van der Waals surface area contributed by atoms with Crippen LogP contribution < -0.4 is 5.32 Å². The molecule has 3 nitrogen and oxygen atoms in total. The van der Waals surface area contributed by atoms with Gasteiger partial charge in [0.05, 0.1) is 5.52 Å². The summed E-state index contributed by atoms with van der Waals surface area (Å²) in [5.41, 5.74) is 2.41. The third-order valence-electron chi connectivity index (χ3n) is 3.47. The highest BCUT2D eigenvalue weighted by Gasteiger charge is 2.18. The predicted octanol–water partition coefficient (Wildman–Crippen LogP) is 2.70. The average molecular weight is 294 g/mol. The van der Waals surface area contributed by atoms with Crippen LogP contribution in [0.15, 0.2) is 22.8 Å². The number of fused-ring (bicyclic) bond motifs is 1. The lowest BCUT2D eigenvalue weighted by Crippen LogP contribution is -2.24. The van der Waals surface area contributed by atoms with Crippen molar-refractivity contribution in [3.8, 4) is 0 Å². The molecule has 0 spiro atoms. The van der Waals surface area contributed by atoms with Gasteiger partial charge in [0, 0.05) is 18.2 Å². The fourth-order valence-electron chi connectivity index (χ4n) is 2.63. The molecule has 1 fully saturated rings. The van der Waals surface area contributed by atoms with Gasteiger partial charge in [-0.1, -0.05) is 6.07 Å². The number of pyridine rings is 1. The molecule has 0 bridgehead atoms. The normalized spacial score (nSPS) is 20.2. The van der Waals surface area contributed by atoms with Gasteiger partial charge >= 0.3 is 0 Å². The van der Waals surface area contributed by atoms with Crippen molar-refractivity contribution in [2.24, 2.45) is 0 Å². The van der Waals surface area contributed by atoms with Crippen molar-refractivity contribution in [2.75, 3.05) is 6.54 Å². The molecule has 2 aromatic heterocycles. The van der Waals surface area contributed by atoms with E-state index in [1.54, 1.807) is 0 Å². The van der Waals surface area contributed by atoms with Crippen molar-refractivity contribution >= 4 is 21.4 Å². The van der Waals surface area contributed by atoms with E-state index >= 15 is 0 Å². The molecule has 1 unspecified atom stereocenters. The van der Waals surface area contributed by atoms with Gasteiger partial charge in [-0.15, -0.1) is 0 Å². The molecule has 0 saturated carbocycles. The van der Waals surface area contributed by atoms with Gasteiger partial charge in [0.25, 0.3) is 0 Å². The Kier molecular flexibility index (Phi) is 2.92. The largest absolute Gasteiger partial charge is 0.314 e. The van der Waals surface area contributed by atoms with Crippen LogP contribution in [0.1, 0.15) is 24.4 Å². The smallest absolute Gasteiger partial charge is 0.132 e. The van der Waals surface area contributed by atoms with E-state index in [4.69, 9.17) is 0 Å². The van der Waals surface area contributed by atoms with Gasteiger partial charge in [-0.25, -0.2) is 4.98 Å². The van der Waals surface area contributed by atoms with E-state index in [0.29, 0.717) is 6.04 Å². The molecule has 1 saturated heterocycles. The monoisotopic (exact) mass is 293 g/mol. The molecule has 1 aliphatic heterocycles. The van der Waals surface area contributed by atoms with Gasteiger partial charge in [-0.2, -0.15) is 0 Å². The van der Waals surface area contributed by atoms with Crippen LogP contribution in [0.3, 0.4) is 0 Å². The summed E-state index contributed by atoms with van der Waals surface area (Å²) in [7, 11) is 0. The molecule has 0 aliphatic carbocycles. The first kappa shape index (κ1) is 11.2. The zero-order chi connectivity index (χ0) is 11.8. The van der Waals surface area contributed by atoms with Crippen molar-refractivity contribution in [1.29, 1.82) is 0 Å². The third-order valence-corrected chi connectivity index (χ3v) is 4.06. The number of imidazole rings is 1. The van der Waals surface area contributed by atoms with Crippen LogP contribution in [0.4, 0.5) is 0 Å². The Labute approximate surface area is 109 Å². The number of hydrogen-bond donors (Lipinski definition) is 1. The molecular formula is C13H16BrN3. The standard InChI is InChI=1S/C13H16BrN3/c1-9-4-2-6-11-13(14)16-12(17(9)11)8-10-5-3-7-15-10/h2,4,6,10,15H,3,5,7-8H2,1H3. The molecule has 0 amide bonds. The number of aromatic nitrogens is 2. The van der Waals surface area contributed by atoms with E-state index in [-0.39, 0.29) is 0 Å². The van der Waals surface area contributed by atoms with Crippen molar-refractivity contribution < 1.29 is 0 Å². The molecule has 1 aliphatic rings. The third kappa shape index (κ3) is 2.00.